The van der Waals surface area contributed by atoms with Crippen molar-refractivity contribution in [3.8, 4) is 11.6 Å². The summed E-state index contributed by atoms with van der Waals surface area (Å²) in [5.74, 6) is 0.144. The number of hydrogen-bond donors (Lipinski definition) is 2. The van der Waals surface area contributed by atoms with Gasteiger partial charge in [0.25, 0.3) is 5.56 Å². The quantitative estimate of drug-likeness (QED) is 0.377. The summed E-state index contributed by atoms with van der Waals surface area (Å²) in [6, 6.07) is 18.2. The number of fused-ring (bicyclic) bond motifs is 1. The first-order valence-electron chi connectivity index (χ1n) is 10.3. The minimum absolute atomic E-state index is 0.136. The Kier molecular flexibility index (Phi) is 5.52. The Hall–Kier alpha value is -4.50. The predicted molar refractivity (Wildman–Crippen MR) is 130 cm³/mol. The normalized spacial score (nSPS) is 11.4. The molecule has 0 aliphatic heterocycles. The van der Waals surface area contributed by atoms with E-state index in [9.17, 15) is 9.59 Å². The topological polar surface area (TPSA) is 110 Å². The summed E-state index contributed by atoms with van der Waals surface area (Å²) >= 11 is 6.12. The van der Waals surface area contributed by atoms with E-state index in [0.717, 1.165) is 5.56 Å². The molecule has 5 aromatic rings. The van der Waals surface area contributed by atoms with Gasteiger partial charge in [-0.25, -0.2) is 4.68 Å². The maximum absolute atomic E-state index is 12.8. The Morgan fingerprint density at radius 3 is 2.71 bits per heavy atom. The van der Waals surface area contributed by atoms with Crippen molar-refractivity contribution >= 4 is 40.4 Å². The molecule has 0 saturated heterocycles. The highest BCUT2D eigenvalue weighted by Crippen LogP contribution is 2.20. The summed E-state index contributed by atoms with van der Waals surface area (Å²) in [7, 11) is 0. The van der Waals surface area contributed by atoms with E-state index in [0.29, 0.717) is 33.3 Å². The van der Waals surface area contributed by atoms with Crippen LogP contribution in [0, 0.1) is 6.92 Å². The first-order valence-corrected chi connectivity index (χ1v) is 10.7. The summed E-state index contributed by atoms with van der Waals surface area (Å²) in [5, 5.41) is 12.3. The molecular formula is C24H18ClN7O2. The van der Waals surface area contributed by atoms with Crippen molar-refractivity contribution in [2.75, 3.05) is 5.32 Å². The van der Waals surface area contributed by atoms with Crippen LogP contribution in [-0.2, 0) is 4.79 Å². The first-order chi connectivity index (χ1) is 16.5. The van der Waals surface area contributed by atoms with E-state index >= 15 is 0 Å². The molecular weight excluding hydrogens is 454 g/mol. The number of nitrogens with one attached hydrogen (secondary N) is 2. The number of anilines is 1. The number of carbonyl (C=O) groups is 1. The van der Waals surface area contributed by atoms with Gasteiger partial charge in [-0.1, -0.05) is 48.0 Å². The van der Waals surface area contributed by atoms with Gasteiger partial charge < -0.3 is 5.32 Å². The number of aromatic nitrogens is 6. The number of carbonyl (C=O) groups excluding carboxylic acids is 1. The summed E-state index contributed by atoms with van der Waals surface area (Å²) in [5.41, 5.74) is 2.13. The second-order valence-corrected chi connectivity index (χ2v) is 7.92. The van der Waals surface area contributed by atoms with E-state index in [-0.39, 0.29) is 17.4 Å². The van der Waals surface area contributed by atoms with Gasteiger partial charge in [0, 0.05) is 17.2 Å². The number of hydrogen-bond acceptors (Lipinski definition) is 5. The lowest BCUT2D eigenvalue weighted by atomic mass is 10.2. The minimum atomic E-state index is -0.386. The Labute approximate surface area is 198 Å². The van der Waals surface area contributed by atoms with Crippen molar-refractivity contribution < 1.29 is 4.79 Å². The van der Waals surface area contributed by atoms with Crippen molar-refractivity contribution in [2.45, 2.75) is 6.92 Å². The molecule has 0 spiro atoms. The van der Waals surface area contributed by atoms with Gasteiger partial charge in [0.15, 0.2) is 5.65 Å². The van der Waals surface area contributed by atoms with E-state index in [4.69, 9.17) is 11.6 Å². The van der Waals surface area contributed by atoms with Gasteiger partial charge in [-0.05, 0) is 36.8 Å². The molecule has 3 heterocycles. The minimum Gasteiger partial charge on any atom is -0.307 e. The van der Waals surface area contributed by atoms with Gasteiger partial charge in [0.2, 0.25) is 11.9 Å². The van der Waals surface area contributed by atoms with Gasteiger partial charge in [-0.3, -0.25) is 14.6 Å². The summed E-state index contributed by atoms with van der Waals surface area (Å²) in [6.45, 7) is 1.78. The number of halogens is 1. The molecule has 5 rings (SSSR count). The molecule has 9 nitrogen and oxygen atoms in total. The smallest absolute Gasteiger partial charge is 0.263 e. The molecule has 2 N–H and O–H groups in total. The van der Waals surface area contributed by atoms with Crippen molar-refractivity contribution in [3.63, 3.8) is 0 Å². The van der Waals surface area contributed by atoms with Gasteiger partial charge in [-0.2, -0.15) is 19.9 Å². The van der Waals surface area contributed by atoms with Crippen LogP contribution in [0.3, 0.4) is 0 Å². The molecule has 0 bridgehead atoms. The number of H-pyrrole nitrogens is 1. The summed E-state index contributed by atoms with van der Waals surface area (Å²) in [4.78, 5) is 32.6. The van der Waals surface area contributed by atoms with Crippen molar-refractivity contribution in [1.82, 2.24) is 29.5 Å². The van der Waals surface area contributed by atoms with Crippen LogP contribution in [0.2, 0.25) is 5.02 Å². The van der Waals surface area contributed by atoms with E-state index in [2.05, 4.69) is 25.5 Å². The molecule has 3 aromatic heterocycles. The Balaban J connectivity index is 1.52. The van der Waals surface area contributed by atoms with Crippen LogP contribution in [0.1, 0.15) is 11.3 Å². The van der Waals surface area contributed by atoms with E-state index in [1.807, 2.05) is 36.4 Å². The van der Waals surface area contributed by atoms with Crippen molar-refractivity contribution in [1.29, 1.82) is 0 Å². The van der Waals surface area contributed by atoms with E-state index < -0.39 is 0 Å². The van der Waals surface area contributed by atoms with Crippen LogP contribution in [-0.4, -0.2) is 35.4 Å². The molecule has 0 radical (unpaired) electrons. The monoisotopic (exact) mass is 471 g/mol. The molecule has 0 fully saturated rings. The first kappa shape index (κ1) is 21.4. The molecule has 168 valence electrons. The Morgan fingerprint density at radius 2 is 1.91 bits per heavy atom. The van der Waals surface area contributed by atoms with Gasteiger partial charge in [0.1, 0.15) is 11.2 Å². The highest BCUT2D eigenvalue weighted by molar-refractivity contribution is 6.30. The van der Waals surface area contributed by atoms with Crippen LogP contribution < -0.4 is 10.9 Å². The SMILES string of the molecule is Cc1cc(NC(=O)/C=C\c2ccccc2)n(-c2nc3c(cnn3-c3cccc(Cl)c3)c(=O)[nH]2)n1. The fourth-order valence-corrected chi connectivity index (χ4v) is 3.64. The number of aromatic amines is 1. The third-order valence-electron chi connectivity index (χ3n) is 4.99. The van der Waals surface area contributed by atoms with Gasteiger partial charge in [0.05, 0.1) is 17.6 Å². The zero-order valence-electron chi connectivity index (χ0n) is 17.9. The van der Waals surface area contributed by atoms with Gasteiger partial charge >= 0.3 is 0 Å². The highest BCUT2D eigenvalue weighted by Gasteiger charge is 2.16. The molecule has 1 amide bonds. The third-order valence-corrected chi connectivity index (χ3v) is 5.22. The van der Waals surface area contributed by atoms with Crippen LogP contribution in [0.5, 0.6) is 0 Å². The average molecular weight is 472 g/mol. The number of amides is 1. The van der Waals surface area contributed by atoms with Crippen molar-refractivity contribution in [2.24, 2.45) is 0 Å². The average Bonchev–Trinajstić information content (AvgIpc) is 3.42. The van der Waals surface area contributed by atoms with Crippen LogP contribution in [0.4, 0.5) is 5.82 Å². The molecule has 0 unspecified atom stereocenters. The predicted octanol–water partition coefficient (Wildman–Crippen LogP) is 3.91. The second kappa shape index (κ2) is 8.80. The lowest BCUT2D eigenvalue weighted by Gasteiger charge is -2.08. The molecule has 0 aliphatic rings. The zero-order chi connectivity index (χ0) is 23.7. The highest BCUT2D eigenvalue weighted by atomic mass is 35.5. The maximum Gasteiger partial charge on any atom is 0.263 e. The van der Waals surface area contributed by atoms with E-state index in [1.54, 1.807) is 37.3 Å². The fourth-order valence-electron chi connectivity index (χ4n) is 3.46. The maximum atomic E-state index is 12.8. The number of nitrogens with zero attached hydrogens (tertiary/aromatic N) is 5. The molecule has 34 heavy (non-hydrogen) atoms. The summed E-state index contributed by atoms with van der Waals surface area (Å²) in [6.07, 6.45) is 4.57. The third kappa shape index (κ3) is 4.24. The van der Waals surface area contributed by atoms with Crippen LogP contribution >= 0.6 is 11.6 Å². The standard InChI is InChI=1S/C24H18ClN7O2/c1-15-12-20(27-21(33)11-10-16-6-3-2-4-7-16)32(30-15)24-28-22-19(23(34)29-24)14-26-31(22)18-9-5-8-17(25)13-18/h2-14H,1H3,(H,27,33)(H,28,29,34)/b11-10-. The Bertz CT molecular complexity index is 1600. The van der Waals surface area contributed by atoms with E-state index in [1.165, 1.54) is 21.6 Å². The molecule has 0 saturated carbocycles. The van der Waals surface area contributed by atoms with Crippen molar-refractivity contribution in [3.05, 3.63) is 99.6 Å². The van der Waals surface area contributed by atoms with Crippen LogP contribution in [0.15, 0.2) is 77.7 Å². The Morgan fingerprint density at radius 1 is 1.09 bits per heavy atom. The van der Waals surface area contributed by atoms with Gasteiger partial charge in [-0.15, -0.1) is 0 Å². The largest absolute Gasteiger partial charge is 0.307 e. The number of benzene rings is 2. The lowest BCUT2D eigenvalue weighted by molar-refractivity contribution is -0.111. The lowest BCUT2D eigenvalue weighted by Crippen LogP contribution is -2.18. The number of aryl methyl sites for hydroxylation is 1. The molecule has 10 heteroatoms. The molecule has 0 aliphatic carbocycles. The number of rotatable bonds is 5. The second-order valence-electron chi connectivity index (χ2n) is 7.48. The molecule has 0 atom stereocenters. The zero-order valence-corrected chi connectivity index (χ0v) is 18.7. The summed E-state index contributed by atoms with van der Waals surface area (Å²) < 4.78 is 2.90. The molecule has 2 aromatic carbocycles. The fraction of sp³-hybridized carbons (Fsp3) is 0.0417. The van der Waals surface area contributed by atoms with Crippen LogP contribution in [0.25, 0.3) is 28.7 Å².